The van der Waals surface area contributed by atoms with E-state index in [2.05, 4.69) is 53.2 Å². The Morgan fingerprint density at radius 2 is 0.933 bits per heavy atom. The number of rotatable bonds is 0. The zero-order valence-corrected chi connectivity index (χ0v) is 9.58. The first-order valence-electron chi connectivity index (χ1n) is 4.96. The van der Waals surface area contributed by atoms with E-state index in [0.717, 1.165) is 0 Å². The van der Waals surface area contributed by atoms with Gasteiger partial charge in [-0.1, -0.05) is 34.9 Å². The molecule has 0 bridgehead atoms. The molecule has 2 rings (SSSR count). The van der Waals surface area contributed by atoms with Crippen LogP contribution in [-0.2, 0) is 14.2 Å². The molecular formula is C12H18O3. The first-order chi connectivity index (χ1) is 7.18. The van der Waals surface area contributed by atoms with Crippen LogP contribution in [-0.4, -0.2) is 20.4 Å². The van der Waals surface area contributed by atoms with Gasteiger partial charge in [-0.05, 0) is 20.8 Å². The van der Waals surface area contributed by atoms with E-state index >= 15 is 0 Å². The van der Waals surface area contributed by atoms with Crippen molar-refractivity contribution in [1.82, 2.24) is 0 Å². The number of aryl methyl sites for hydroxylation is 3. The molecule has 0 amide bonds. The summed E-state index contributed by atoms with van der Waals surface area (Å²) in [6, 6.07) is 6.56. The van der Waals surface area contributed by atoms with Gasteiger partial charge in [-0.3, -0.25) is 0 Å². The SMILES string of the molecule is C1OCOCO1.Cc1cc(C)cc(C)c1. The molecular weight excluding hydrogens is 192 g/mol. The average molecular weight is 210 g/mol. The maximum absolute atomic E-state index is 4.62. The third kappa shape index (κ3) is 5.52. The highest BCUT2D eigenvalue weighted by Gasteiger charge is 1.93. The summed E-state index contributed by atoms with van der Waals surface area (Å²) in [5.41, 5.74) is 4.06. The van der Waals surface area contributed by atoms with Crippen molar-refractivity contribution in [2.45, 2.75) is 20.8 Å². The minimum absolute atomic E-state index is 0.375. The van der Waals surface area contributed by atoms with Gasteiger partial charge in [-0.2, -0.15) is 0 Å². The highest BCUT2D eigenvalue weighted by molar-refractivity contribution is 5.27. The van der Waals surface area contributed by atoms with Gasteiger partial charge < -0.3 is 14.2 Å². The van der Waals surface area contributed by atoms with Gasteiger partial charge in [0.2, 0.25) is 0 Å². The Morgan fingerprint density at radius 3 is 1.13 bits per heavy atom. The lowest BCUT2D eigenvalue weighted by Crippen LogP contribution is -2.14. The quantitative estimate of drug-likeness (QED) is 0.658. The lowest BCUT2D eigenvalue weighted by Gasteiger charge is -2.10. The average Bonchev–Trinajstić information content (AvgIpc) is 2.19. The van der Waals surface area contributed by atoms with Crippen molar-refractivity contribution < 1.29 is 14.2 Å². The molecule has 0 unspecified atom stereocenters. The molecule has 1 heterocycles. The monoisotopic (exact) mass is 210 g/mol. The second-order valence-electron chi connectivity index (χ2n) is 3.63. The number of hydrogen-bond donors (Lipinski definition) is 0. The molecule has 15 heavy (non-hydrogen) atoms. The van der Waals surface area contributed by atoms with Gasteiger partial charge >= 0.3 is 0 Å². The van der Waals surface area contributed by atoms with Crippen molar-refractivity contribution in [2.24, 2.45) is 0 Å². The molecule has 3 nitrogen and oxygen atoms in total. The van der Waals surface area contributed by atoms with Crippen molar-refractivity contribution >= 4 is 0 Å². The van der Waals surface area contributed by atoms with Crippen LogP contribution in [0.3, 0.4) is 0 Å². The van der Waals surface area contributed by atoms with Crippen molar-refractivity contribution in [2.75, 3.05) is 20.4 Å². The first-order valence-corrected chi connectivity index (χ1v) is 4.96. The highest BCUT2D eigenvalue weighted by Crippen LogP contribution is 2.06. The van der Waals surface area contributed by atoms with Crippen molar-refractivity contribution in [1.29, 1.82) is 0 Å². The maximum Gasteiger partial charge on any atom is 0.152 e. The molecule has 3 heteroatoms. The Balaban J connectivity index is 0.000000162. The van der Waals surface area contributed by atoms with E-state index in [1.165, 1.54) is 16.7 Å². The Labute approximate surface area is 91.0 Å². The van der Waals surface area contributed by atoms with Gasteiger partial charge in [0.15, 0.2) is 20.4 Å². The van der Waals surface area contributed by atoms with E-state index in [-0.39, 0.29) is 0 Å². The van der Waals surface area contributed by atoms with E-state index in [1.807, 2.05) is 0 Å². The minimum atomic E-state index is 0.375. The summed E-state index contributed by atoms with van der Waals surface area (Å²) in [5.74, 6) is 0. The third-order valence-electron chi connectivity index (χ3n) is 1.87. The molecule has 1 aliphatic rings. The maximum atomic E-state index is 4.62. The topological polar surface area (TPSA) is 27.7 Å². The third-order valence-corrected chi connectivity index (χ3v) is 1.87. The van der Waals surface area contributed by atoms with Crippen molar-refractivity contribution in [3.8, 4) is 0 Å². The Hall–Kier alpha value is -0.900. The fraction of sp³-hybridized carbons (Fsp3) is 0.500. The van der Waals surface area contributed by atoms with Crippen molar-refractivity contribution in [3.63, 3.8) is 0 Å². The van der Waals surface area contributed by atoms with E-state index in [9.17, 15) is 0 Å². The van der Waals surface area contributed by atoms with Gasteiger partial charge in [-0.15, -0.1) is 0 Å². The summed E-state index contributed by atoms with van der Waals surface area (Å²) in [6.07, 6.45) is 0. The van der Waals surface area contributed by atoms with Crippen LogP contribution in [0, 0.1) is 20.8 Å². The zero-order chi connectivity index (χ0) is 11.1. The molecule has 1 aromatic rings. The summed E-state index contributed by atoms with van der Waals surface area (Å²) in [4.78, 5) is 0. The predicted octanol–water partition coefficient (Wildman–Crippen LogP) is 2.53. The summed E-state index contributed by atoms with van der Waals surface area (Å²) in [5, 5.41) is 0. The smallest absolute Gasteiger partial charge is 0.152 e. The molecule has 0 radical (unpaired) electrons. The zero-order valence-electron chi connectivity index (χ0n) is 9.58. The lowest BCUT2D eigenvalue weighted by atomic mass is 10.1. The second-order valence-corrected chi connectivity index (χ2v) is 3.63. The van der Waals surface area contributed by atoms with Crippen LogP contribution in [0.5, 0.6) is 0 Å². The minimum Gasteiger partial charge on any atom is -0.329 e. The standard InChI is InChI=1S/C9H12.C3H6O3/c1-7-4-8(2)6-9(3)5-7;1-4-2-6-3-5-1/h4-6H,1-3H3;1-3H2. The van der Waals surface area contributed by atoms with Gasteiger partial charge in [-0.25, -0.2) is 0 Å². The summed E-state index contributed by atoms with van der Waals surface area (Å²) in [6.45, 7) is 7.50. The summed E-state index contributed by atoms with van der Waals surface area (Å²) < 4.78 is 13.9. The molecule has 0 aromatic heterocycles. The largest absolute Gasteiger partial charge is 0.329 e. The van der Waals surface area contributed by atoms with E-state index in [1.54, 1.807) is 0 Å². The molecule has 1 aromatic carbocycles. The molecule has 0 atom stereocenters. The van der Waals surface area contributed by atoms with Crippen molar-refractivity contribution in [3.05, 3.63) is 34.9 Å². The van der Waals surface area contributed by atoms with Gasteiger partial charge in [0, 0.05) is 0 Å². The fourth-order valence-corrected chi connectivity index (χ4v) is 1.48. The molecule has 84 valence electrons. The molecule has 1 fully saturated rings. The van der Waals surface area contributed by atoms with Crippen LogP contribution in [0.15, 0.2) is 18.2 Å². The summed E-state index contributed by atoms with van der Waals surface area (Å²) >= 11 is 0. The van der Waals surface area contributed by atoms with Gasteiger partial charge in [0.1, 0.15) is 0 Å². The second kappa shape index (κ2) is 6.56. The Morgan fingerprint density at radius 1 is 0.667 bits per heavy atom. The molecule has 1 aliphatic heterocycles. The lowest BCUT2D eigenvalue weighted by molar-refractivity contribution is -0.247. The van der Waals surface area contributed by atoms with Crippen LogP contribution in [0.1, 0.15) is 16.7 Å². The van der Waals surface area contributed by atoms with E-state index in [4.69, 9.17) is 0 Å². The molecule has 0 saturated carbocycles. The first kappa shape index (κ1) is 12.2. The number of ether oxygens (including phenoxy) is 3. The highest BCUT2D eigenvalue weighted by atomic mass is 16.8. The molecule has 1 saturated heterocycles. The van der Waals surface area contributed by atoms with E-state index in [0.29, 0.717) is 20.4 Å². The molecule has 0 spiro atoms. The fourth-order valence-electron chi connectivity index (χ4n) is 1.48. The molecule has 0 N–H and O–H groups in total. The van der Waals surface area contributed by atoms with Crippen LogP contribution in [0.2, 0.25) is 0 Å². The van der Waals surface area contributed by atoms with Crippen LogP contribution in [0.25, 0.3) is 0 Å². The number of hydrogen-bond acceptors (Lipinski definition) is 3. The van der Waals surface area contributed by atoms with Crippen LogP contribution < -0.4 is 0 Å². The molecule has 0 aliphatic carbocycles. The Bertz CT molecular complexity index is 231. The van der Waals surface area contributed by atoms with E-state index < -0.39 is 0 Å². The van der Waals surface area contributed by atoms with Gasteiger partial charge in [0.05, 0.1) is 0 Å². The predicted molar refractivity (Wildman–Crippen MR) is 58.5 cm³/mol. The van der Waals surface area contributed by atoms with Gasteiger partial charge in [0.25, 0.3) is 0 Å². The Kier molecular flexibility index (Phi) is 5.32. The normalized spacial score (nSPS) is 15.4. The van der Waals surface area contributed by atoms with Crippen LogP contribution >= 0.6 is 0 Å². The van der Waals surface area contributed by atoms with Crippen LogP contribution in [0.4, 0.5) is 0 Å². The number of benzene rings is 1. The summed E-state index contributed by atoms with van der Waals surface area (Å²) in [7, 11) is 0.